The maximum absolute atomic E-state index is 9.37. The monoisotopic (exact) mass is 1250 g/mol. The molecular weight excluding hydrogens is 1160 g/mol. The van der Waals surface area contributed by atoms with Gasteiger partial charge in [-0.05, 0) is 225 Å². The highest BCUT2D eigenvalue weighted by molar-refractivity contribution is 6.30. The van der Waals surface area contributed by atoms with Crippen molar-refractivity contribution in [3.05, 3.63) is 328 Å². The Morgan fingerprint density at radius 3 is 1.09 bits per heavy atom. The van der Waals surface area contributed by atoms with Crippen LogP contribution < -0.4 is 0 Å². The Bertz CT molecular complexity index is 3730. The van der Waals surface area contributed by atoms with Crippen LogP contribution >= 0.6 is 23.2 Å². The number of aromatic hydroxyl groups is 9. The van der Waals surface area contributed by atoms with E-state index in [1.807, 2.05) is 133 Å². The van der Waals surface area contributed by atoms with Crippen LogP contribution in [0.25, 0.3) is 21.5 Å². The standard InChI is InChI=1S/C11H10.C10H8O.C10H14O.2C8H10O.2C7H8O.2C6H5ClO.C6H6O/c1-9-6-7-10-4-2-3-5-11(10)8-9;11-10-7-3-5-8-4-1-2-6-9(8)10;1-10(2,3)8-4-6-9(11)7-5-8;1-6-3-7(2)5-8(9)4-6;1-6-3-4-8(9)5-7(6)2;1-6-2-4-7(8)5-3-6;1-6-3-2-4-7(8)5-6;7-5-1-3-6(8)4-2-5;7-5-2-1-3-6(8)4-5;7-6-4-2-1-3-5-6/h2-8H,1H3;1-7,11H;4-7,11H,1-3H3;2*3-5,9H,1-2H3;2*2-5,8H,1H3;2*1-4,8H;1-5,7H. The third kappa shape index (κ3) is 32.1. The summed E-state index contributed by atoms with van der Waals surface area (Å²) in [4.78, 5) is 0. The molecule has 0 aliphatic heterocycles. The number of rotatable bonds is 0. The molecule has 11 heteroatoms. The summed E-state index contributed by atoms with van der Waals surface area (Å²) in [5.74, 6) is 2.82. The lowest BCUT2D eigenvalue weighted by molar-refractivity contribution is 0.473. The Labute approximate surface area is 541 Å². The lowest BCUT2D eigenvalue weighted by Gasteiger charge is -2.18. The van der Waals surface area contributed by atoms with Crippen molar-refractivity contribution in [3.8, 4) is 51.7 Å². The molecule has 0 aromatic heterocycles. The highest BCUT2D eigenvalue weighted by Crippen LogP contribution is 2.25. The van der Waals surface area contributed by atoms with Crippen LogP contribution in [0.5, 0.6) is 51.7 Å². The predicted octanol–water partition coefficient (Wildman–Crippen LogP) is 21.3. The van der Waals surface area contributed by atoms with Crippen molar-refractivity contribution in [2.45, 2.75) is 74.7 Å². The van der Waals surface area contributed by atoms with Gasteiger partial charge in [0.05, 0.1) is 0 Å². The number of fused-ring (bicyclic) bond motifs is 2. The van der Waals surface area contributed by atoms with Gasteiger partial charge >= 0.3 is 0 Å². The molecule has 9 nitrogen and oxygen atoms in total. The van der Waals surface area contributed by atoms with E-state index in [4.69, 9.17) is 64.1 Å². The summed E-state index contributed by atoms with van der Waals surface area (Å²) in [7, 11) is 0. The maximum atomic E-state index is 9.37. The van der Waals surface area contributed by atoms with E-state index in [1.165, 1.54) is 39.1 Å². The molecule has 0 unspecified atom stereocenters. The number of benzene rings is 12. The average Bonchev–Trinajstić information content (AvgIpc) is 2.78. The lowest BCUT2D eigenvalue weighted by atomic mass is 9.87. The molecule has 0 aliphatic carbocycles. The molecular formula is C79H84Cl2O9. The highest BCUT2D eigenvalue weighted by Gasteiger charge is 2.12. The first kappa shape index (κ1) is 74.2. The first-order valence-corrected chi connectivity index (χ1v) is 29.5. The fourth-order valence-electron chi connectivity index (χ4n) is 7.67. The van der Waals surface area contributed by atoms with Crippen molar-refractivity contribution in [1.29, 1.82) is 0 Å². The number of phenolic OH excluding ortho intramolecular Hbond substituents is 9. The molecule has 0 aliphatic rings. The number of hydrogen-bond donors (Lipinski definition) is 9. The van der Waals surface area contributed by atoms with Gasteiger partial charge in [-0.2, -0.15) is 0 Å². The van der Waals surface area contributed by atoms with Crippen LogP contribution in [0.15, 0.2) is 273 Å². The Balaban J connectivity index is 0.000000262. The Kier molecular flexibility index (Phi) is 32.7. The van der Waals surface area contributed by atoms with Crippen LogP contribution in [-0.2, 0) is 5.41 Å². The van der Waals surface area contributed by atoms with Gasteiger partial charge in [0.2, 0.25) is 0 Å². The summed E-state index contributed by atoms with van der Waals surface area (Å²) < 4.78 is 0. The van der Waals surface area contributed by atoms with E-state index in [2.05, 4.69) is 70.2 Å². The predicted molar refractivity (Wildman–Crippen MR) is 376 cm³/mol. The van der Waals surface area contributed by atoms with E-state index in [1.54, 1.807) is 133 Å². The number of para-hydroxylation sites is 1. The third-order valence-corrected chi connectivity index (χ3v) is 13.0. The fourth-order valence-corrected chi connectivity index (χ4v) is 7.98. The van der Waals surface area contributed by atoms with Crippen molar-refractivity contribution in [2.75, 3.05) is 0 Å². The van der Waals surface area contributed by atoms with Crippen molar-refractivity contribution in [3.63, 3.8) is 0 Å². The van der Waals surface area contributed by atoms with Crippen molar-refractivity contribution in [1.82, 2.24) is 0 Å². The second kappa shape index (κ2) is 39.7. The molecule has 0 atom stereocenters. The molecule has 0 saturated heterocycles. The fraction of sp³-hybridized carbons (Fsp3) is 0.139. The van der Waals surface area contributed by atoms with E-state index in [0.29, 0.717) is 50.3 Å². The Morgan fingerprint density at radius 2 is 0.656 bits per heavy atom. The minimum atomic E-state index is 0.174. The molecule has 0 fully saturated rings. The van der Waals surface area contributed by atoms with Gasteiger partial charge in [0.25, 0.3) is 0 Å². The minimum absolute atomic E-state index is 0.174. The van der Waals surface area contributed by atoms with Gasteiger partial charge in [-0.15, -0.1) is 0 Å². The third-order valence-electron chi connectivity index (χ3n) is 12.5. The van der Waals surface area contributed by atoms with Gasteiger partial charge in [-0.1, -0.05) is 207 Å². The van der Waals surface area contributed by atoms with Crippen LogP contribution in [0.2, 0.25) is 10.0 Å². The molecule has 0 amide bonds. The van der Waals surface area contributed by atoms with Gasteiger partial charge in [-0.25, -0.2) is 0 Å². The molecule has 12 aromatic rings. The first-order valence-electron chi connectivity index (χ1n) is 28.8. The second-order valence-corrected chi connectivity index (χ2v) is 22.6. The molecule has 468 valence electrons. The Hall–Kier alpha value is -10.1. The summed E-state index contributed by atoms with van der Waals surface area (Å²) in [5, 5.41) is 85.8. The van der Waals surface area contributed by atoms with Crippen LogP contribution in [0.4, 0.5) is 0 Å². The number of aryl methyl sites for hydroxylation is 7. The summed E-state index contributed by atoms with van der Waals surface area (Å²) in [6.07, 6.45) is 0. The van der Waals surface area contributed by atoms with Crippen molar-refractivity contribution >= 4 is 44.7 Å². The van der Waals surface area contributed by atoms with E-state index in [0.717, 1.165) is 33.0 Å². The number of halogens is 2. The van der Waals surface area contributed by atoms with Gasteiger partial charge < -0.3 is 46.0 Å². The van der Waals surface area contributed by atoms with E-state index in [9.17, 15) is 5.11 Å². The largest absolute Gasteiger partial charge is 0.508 e. The zero-order valence-electron chi connectivity index (χ0n) is 52.8. The molecule has 0 radical (unpaired) electrons. The van der Waals surface area contributed by atoms with E-state index in [-0.39, 0.29) is 16.9 Å². The number of phenols is 9. The molecule has 0 saturated carbocycles. The summed E-state index contributed by atoms with van der Waals surface area (Å²) >= 11 is 11.0. The van der Waals surface area contributed by atoms with E-state index >= 15 is 0 Å². The zero-order chi connectivity index (χ0) is 66.6. The van der Waals surface area contributed by atoms with Crippen LogP contribution in [0.1, 0.15) is 65.3 Å². The lowest BCUT2D eigenvalue weighted by Crippen LogP contribution is -2.10. The second-order valence-electron chi connectivity index (χ2n) is 21.7. The quantitative estimate of drug-likeness (QED) is 0.0714. The molecule has 90 heavy (non-hydrogen) atoms. The number of hydrogen-bond acceptors (Lipinski definition) is 9. The SMILES string of the molecule is CC(C)(C)c1ccc(O)cc1.Cc1cc(C)cc(O)c1.Cc1ccc(O)cc1.Cc1ccc(O)cc1C.Cc1ccc2ccccc2c1.Cc1cccc(O)c1.Oc1ccc(Cl)cc1.Oc1cccc(Cl)c1.Oc1cccc2ccccc12.Oc1ccccc1. The Morgan fingerprint density at radius 1 is 0.244 bits per heavy atom. The summed E-state index contributed by atoms with van der Waals surface area (Å²) in [6, 6.07) is 82.2. The van der Waals surface area contributed by atoms with Crippen LogP contribution in [0, 0.1) is 48.5 Å². The van der Waals surface area contributed by atoms with Crippen molar-refractivity contribution < 1.29 is 46.0 Å². The van der Waals surface area contributed by atoms with Gasteiger partial charge in [-0.3, -0.25) is 0 Å². The zero-order valence-corrected chi connectivity index (χ0v) is 54.3. The molecule has 12 aromatic carbocycles. The van der Waals surface area contributed by atoms with Gasteiger partial charge in [0.15, 0.2) is 0 Å². The molecule has 9 N–H and O–H groups in total. The van der Waals surface area contributed by atoms with Crippen LogP contribution in [0.3, 0.4) is 0 Å². The average molecular weight is 1250 g/mol. The van der Waals surface area contributed by atoms with Crippen molar-refractivity contribution in [2.24, 2.45) is 0 Å². The van der Waals surface area contributed by atoms with Gasteiger partial charge in [0.1, 0.15) is 51.7 Å². The summed E-state index contributed by atoms with van der Waals surface area (Å²) in [6.45, 7) is 20.4. The van der Waals surface area contributed by atoms with Crippen LogP contribution in [-0.4, -0.2) is 46.0 Å². The molecule has 0 bridgehead atoms. The molecule has 12 rings (SSSR count). The molecule has 0 heterocycles. The first-order chi connectivity index (χ1) is 42.7. The van der Waals surface area contributed by atoms with Gasteiger partial charge in [0, 0.05) is 15.4 Å². The topological polar surface area (TPSA) is 182 Å². The highest BCUT2D eigenvalue weighted by atomic mass is 35.5. The molecule has 0 spiro atoms. The smallest absolute Gasteiger partial charge is 0.123 e. The maximum Gasteiger partial charge on any atom is 0.123 e. The normalized spacial score (nSPS) is 9.73. The minimum Gasteiger partial charge on any atom is -0.508 e. The summed E-state index contributed by atoms with van der Waals surface area (Å²) in [5.41, 5.74) is 9.56. The van der Waals surface area contributed by atoms with E-state index < -0.39 is 0 Å².